The zero-order valence-corrected chi connectivity index (χ0v) is 7.77. The number of H-pyrrole nitrogens is 1. The van der Waals surface area contributed by atoms with E-state index in [9.17, 15) is 0 Å². The van der Waals surface area contributed by atoms with E-state index in [4.69, 9.17) is 5.73 Å². The van der Waals surface area contributed by atoms with Crippen molar-refractivity contribution < 1.29 is 0 Å². The minimum atomic E-state index is 0.580. The second kappa shape index (κ2) is 3.49. The Balaban J connectivity index is 1.97. The number of nitrogens with one attached hydrogen (secondary N) is 2. The molecule has 0 aliphatic rings. The minimum absolute atomic E-state index is 0.580. The van der Waals surface area contributed by atoms with Gasteiger partial charge in [0.25, 0.3) is 0 Å². The van der Waals surface area contributed by atoms with Crippen LogP contribution >= 0.6 is 11.3 Å². The van der Waals surface area contributed by atoms with Gasteiger partial charge in [0.15, 0.2) is 0 Å². The van der Waals surface area contributed by atoms with Crippen LogP contribution in [0.4, 0.5) is 11.5 Å². The zero-order valence-electron chi connectivity index (χ0n) is 6.95. The fourth-order valence-corrected chi connectivity index (χ4v) is 1.68. The summed E-state index contributed by atoms with van der Waals surface area (Å²) in [6.07, 6.45) is 1.68. The number of hydrogen-bond donors (Lipinski definition) is 3. The van der Waals surface area contributed by atoms with E-state index in [1.807, 2.05) is 6.07 Å². The summed E-state index contributed by atoms with van der Waals surface area (Å²) in [5, 5.41) is 11.7. The van der Waals surface area contributed by atoms with Crippen LogP contribution in [0.5, 0.6) is 0 Å². The third-order valence-corrected chi connectivity index (χ3v) is 2.58. The van der Waals surface area contributed by atoms with Crippen molar-refractivity contribution in [2.75, 3.05) is 11.1 Å². The molecule has 4 N–H and O–H groups in total. The maximum atomic E-state index is 5.60. The average Bonchev–Trinajstić information content (AvgIpc) is 2.72. The van der Waals surface area contributed by atoms with Gasteiger partial charge in [0.05, 0.1) is 11.9 Å². The van der Waals surface area contributed by atoms with Crippen molar-refractivity contribution in [1.82, 2.24) is 10.2 Å². The molecule has 0 spiro atoms. The molecule has 4 nitrogen and oxygen atoms in total. The Kier molecular flexibility index (Phi) is 2.18. The van der Waals surface area contributed by atoms with Crippen LogP contribution in [0.25, 0.3) is 0 Å². The monoisotopic (exact) mass is 194 g/mol. The maximum Gasteiger partial charge on any atom is 0.142 e. The van der Waals surface area contributed by atoms with Crippen molar-refractivity contribution in [1.29, 1.82) is 0 Å². The molecule has 0 radical (unpaired) electrons. The van der Waals surface area contributed by atoms with E-state index in [-0.39, 0.29) is 0 Å². The first kappa shape index (κ1) is 8.12. The highest BCUT2D eigenvalue weighted by Gasteiger charge is 1.99. The first-order valence-electron chi connectivity index (χ1n) is 3.91. The van der Waals surface area contributed by atoms with Crippen molar-refractivity contribution in [3.63, 3.8) is 0 Å². The van der Waals surface area contributed by atoms with E-state index in [0.717, 1.165) is 12.2 Å². The Morgan fingerprint density at radius 2 is 2.54 bits per heavy atom. The van der Waals surface area contributed by atoms with Crippen LogP contribution in [0.1, 0.15) is 4.88 Å². The second-order valence-electron chi connectivity index (χ2n) is 2.63. The summed E-state index contributed by atoms with van der Waals surface area (Å²) in [5.41, 5.74) is 6.46. The first-order chi connectivity index (χ1) is 6.36. The largest absolute Gasteiger partial charge is 0.382 e. The Labute approximate surface area is 79.8 Å². The molecule has 0 unspecified atom stereocenters. The van der Waals surface area contributed by atoms with Crippen molar-refractivity contribution in [2.45, 2.75) is 6.54 Å². The van der Waals surface area contributed by atoms with E-state index in [2.05, 4.69) is 27.0 Å². The number of nitrogen functional groups attached to an aromatic ring is 1. The lowest BCUT2D eigenvalue weighted by Gasteiger charge is -2.01. The molecule has 5 heteroatoms. The van der Waals surface area contributed by atoms with E-state index >= 15 is 0 Å². The standard InChI is InChI=1S/C8H10N4S/c9-8-7(5-11-12-8)10-4-6-2-1-3-13-6/h1-3,5,10H,4H2,(H3,9,11,12). The molecule has 68 valence electrons. The van der Waals surface area contributed by atoms with Gasteiger partial charge in [-0.3, -0.25) is 5.10 Å². The first-order valence-corrected chi connectivity index (χ1v) is 4.79. The molecular formula is C8H10N4S. The molecule has 13 heavy (non-hydrogen) atoms. The Morgan fingerprint density at radius 1 is 1.62 bits per heavy atom. The molecule has 2 aromatic rings. The predicted molar refractivity (Wildman–Crippen MR) is 54.6 cm³/mol. The SMILES string of the molecule is Nc1[nH]ncc1NCc1cccs1. The van der Waals surface area contributed by atoms with Crippen LogP contribution in [0, 0.1) is 0 Å². The molecule has 0 aliphatic carbocycles. The summed E-state index contributed by atoms with van der Waals surface area (Å²) in [5.74, 6) is 0.580. The fraction of sp³-hybridized carbons (Fsp3) is 0.125. The normalized spacial score (nSPS) is 10.2. The number of nitrogens with two attached hydrogens (primary N) is 1. The summed E-state index contributed by atoms with van der Waals surface area (Å²) < 4.78 is 0. The van der Waals surface area contributed by atoms with Gasteiger partial charge in [-0.25, -0.2) is 0 Å². The van der Waals surface area contributed by atoms with Gasteiger partial charge in [-0.05, 0) is 11.4 Å². The van der Waals surface area contributed by atoms with E-state index in [1.165, 1.54) is 4.88 Å². The topological polar surface area (TPSA) is 66.7 Å². The van der Waals surface area contributed by atoms with E-state index in [0.29, 0.717) is 5.82 Å². The fourth-order valence-electron chi connectivity index (χ4n) is 1.03. The van der Waals surface area contributed by atoms with Crippen LogP contribution < -0.4 is 11.1 Å². The summed E-state index contributed by atoms with van der Waals surface area (Å²) in [7, 11) is 0. The number of thiophene rings is 1. The molecule has 0 fully saturated rings. The highest BCUT2D eigenvalue weighted by molar-refractivity contribution is 7.09. The summed E-state index contributed by atoms with van der Waals surface area (Å²) in [6.45, 7) is 0.793. The van der Waals surface area contributed by atoms with Gasteiger partial charge < -0.3 is 11.1 Å². The molecule has 2 aromatic heterocycles. The molecule has 0 atom stereocenters. The second-order valence-corrected chi connectivity index (χ2v) is 3.66. The lowest BCUT2D eigenvalue weighted by molar-refractivity contribution is 1.10. The number of anilines is 2. The zero-order chi connectivity index (χ0) is 9.10. The van der Waals surface area contributed by atoms with Crippen LogP contribution in [0.3, 0.4) is 0 Å². The van der Waals surface area contributed by atoms with Crippen molar-refractivity contribution in [3.8, 4) is 0 Å². The van der Waals surface area contributed by atoms with E-state index in [1.54, 1.807) is 17.5 Å². The number of aromatic nitrogens is 2. The van der Waals surface area contributed by atoms with Gasteiger partial charge in [-0.15, -0.1) is 11.3 Å². The van der Waals surface area contributed by atoms with Gasteiger partial charge in [0, 0.05) is 11.4 Å². The lowest BCUT2D eigenvalue weighted by Crippen LogP contribution is -1.99. The van der Waals surface area contributed by atoms with Crippen molar-refractivity contribution in [3.05, 3.63) is 28.6 Å². The third-order valence-electron chi connectivity index (χ3n) is 1.70. The highest BCUT2D eigenvalue weighted by atomic mass is 32.1. The molecule has 0 bridgehead atoms. The van der Waals surface area contributed by atoms with Gasteiger partial charge >= 0.3 is 0 Å². The number of hydrogen-bond acceptors (Lipinski definition) is 4. The Morgan fingerprint density at radius 3 is 3.15 bits per heavy atom. The summed E-state index contributed by atoms with van der Waals surface area (Å²) in [6, 6.07) is 4.11. The Hall–Kier alpha value is -1.49. The quantitative estimate of drug-likeness (QED) is 0.696. The summed E-state index contributed by atoms with van der Waals surface area (Å²) >= 11 is 1.72. The number of aromatic amines is 1. The molecule has 0 amide bonds. The molecule has 0 aromatic carbocycles. The smallest absolute Gasteiger partial charge is 0.142 e. The average molecular weight is 194 g/mol. The molecule has 0 saturated heterocycles. The predicted octanol–water partition coefficient (Wildman–Crippen LogP) is 1.67. The van der Waals surface area contributed by atoms with Crippen molar-refractivity contribution >= 4 is 22.8 Å². The molecule has 2 heterocycles. The molecular weight excluding hydrogens is 184 g/mol. The molecule has 2 rings (SSSR count). The van der Waals surface area contributed by atoms with Crippen LogP contribution in [-0.4, -0.2) is 10.2 Å². The number of nitrogens with zero attached hydrogens (tertiary/aromatic N) is 1. The van der Waals surface area contributed by atoms with Crippen molar-refractivity contribution in [2.24, 2.45) is 0 Å². The van der Waals surface area contributed by atoms with Crippen LogP contribution in [0.15, 0.2) is 23.7 Å². The molecule has 0 saturated carbocycles. The summed E-state index contributed by atoms with van der Waals surface area (Å²) in [4.78, 5) is 1.28. The van der Waals surface area contributed by atoms with Gasteiger partial charge in [-0.1, -0.05) is 6.07 Å². The minimum Gasteiger partial charge on any atom is -0.382 e. The lowest BCUT2D eigenvalue weighted by atomic mass is 10.4. The van der Waals surface area contributed by atoms with Gasteiger partial charge in [0.1, 0.15) is 5.82 Å². The van der Waals surface area contributed by atoms with E-state index < -0.39 is 0 Å². The maximum absolute atomic E-state index is 5.60. The number of rotatable bonds is 3. The third kappa shape index (κ3) is 1.81. The van der Waals surface area contributed by atoms with Gasteiger partial charge in [0.2, 0.25) is 0 Å². The van der Waals surface area contributed by atoms with Crippen LogP contribution in [0.2, 0.25) is 0 Å². The Bertz CT molecular complexity index is 365. The highest BCUT2D eigenvalue weighted by Crippen LogP contribution is 2.16. The van der Waals surface area contributed by atoms with Gasteiger partial charge in [-0.2, -0.15) is 5.10 Å². The molecule has 0 aliphatic heterocycles. The van der Waals surface area contributed by atoms with Crippen LogP contribution in [-0.2, 0) is 6.54 Å².